The van der Waals surface area contributed by atoms with E-state index in [1.807, 2.05) is 43.3 Å². The second-order valence-corrected chi connectivity index (χ2v) is 7.85. The van der Waals surface area contributed by atoms with Crippen LogP contribution in [0.5, 0.6) is 5.75 Å². The Bertz CT molecular complexity index is 1200. The highest BCUT2D eigenvalue weighted by Gasteiger charge is 2.11. The Labute approximate surface area is 181 Å². The molecule has 0 fully saturated rings. The van der Waals surface area contributed by atoms with Crippen molar-refractivity contribution in [3.63, 3.8) is 0 Å². The van der Waals surface area contributed by atoms with Crippen molar-refractivity contribution in [1.82, 2.24) is 9.97 Å². The van der Waals surface area contributed by atoms with Gasteiger partial charge in [0.25, 0.3) is 5.91 Å². The van der Waals surface area contributed by atoms with Crippen LogP contribution in [0.4, 0.5) is 5.69 Å². The fraction of sp³-hybridized carbons (Fsp3) is 0.0909. The third-order valence-electron chi connectivity index (χ3n) is 4.57. The first-order valence-electron chi connectivity index (χ1n) is 8.86. The van der Waals surface area contributed by atoms with Crippen LogP contribution in [0.25, 0.3) is 22.4 Å². The molecule has 0 radical (unpaired) electrons. The first-order chi connectivity index (χ1) is 13.9. The maximum atomic E-state index is 12.6. The summed E-state index contributed by atoms with van der Waals surface area (Å²) in [5.74, 6) is 1.17. The van der Waals surface area contributed by atoms with Crippen LogP contribution in [0.1, 0.15) is 15.9 Å². The van der Waals surface area contributed by atoms with Gasteiger partial charge in [0, 0.05) is 21.8 Å². The van der Waals surface area contributed by atoms with Crippen LogP contribution in [0.3, 0.4) is 0 Å². The van der Waals surface area contributed by atoms with Crippen molar-refractivity contribution in [2.45, 2.75) is 6.92 Å². The molecule has 0 saturated carbocycles. The van der Waals surface area contributed by atoms with Gasteiger partial charge in [0.05, 0.1) is 22.6 Å². The van der Waals surface area contributed by atoms with E-state index in [-0.39, 0.29) is 5.91 Å². The summed E-state index contributed by atoms with van der Waals surface area (Å²) in [7, 11) is 1.58. The van der Waals surface area contributed by atoms with Gasteiger partial charge in [-0.15, -0.1) is 0 Å². The van der Waals surface area contributed by atoms with E-state index in [1.54, 1.807) is 25.3 Å². The van der Waals surface area contributed by atoms with E-state index >= 15 is 0 Å². The van der Waals surface area contributed by atoms with Crippen LogP contribution >= 0.6 is 27.5 Å². The SMILES string of the molecule is COc1ccc(C(=O)Nc2cccc(-c3nc4cc(Cl)c(C)cc4[nH]3)c2)cc1Br. The molecule has 1 heterocycles. The summed E-state index contributed by atoms with van der Waals surface area (Å²) in [6, 6.07) is 16.5. The zero-order chi connectivity index (χ0) is 20.5. The highest BCUT2D eigenvalue weighted by molar-refractivity contribution is 9.10. The molecular weight excluding hydrogens is 454 g/mol. The maximum absolute atomic E-state index is 12.6. The molecule has 0 aliphatic carbocycles. The van der Waals surface area contributed by atoms with Gasteiger partial charge >= 0.3 is 0 Å². The van der Waals surface area contributed by atoms with E-state index in [2.05, 4.69) is 31.2 Å². The monoisotopic (exact) mass is 469 g/mol. The highest BCUT2D eigenvalue weighted by atomic mass is 79.9. The van der Waals surface area contributed by atoms with Crippen molar-refractivity contribution < 1.29 is 9.53 Å². The number of nitrogens with zero attached hydrogens (tertiary/aromatic N) is 1. The number of aromatic amines is 1. The minimum Gasteiger partial charge on any atom is -0.496 e. The minimum absolute atomic E-state index is 0.211. The second kappa shape index (κ2) is 7.89. The Balaban J connectivity index is 1.60. The fourth-order valence-electron chi connectivity index (χ4n) is 3.03. The molecule has 1 amide bonds. The molecule has 2 N–H and O–H groups in total. The fourth-order valence-corrected chi connectivity index (χ4v) is 3.73. The number of aryl methyl sites for hydroxylation is 1. The Morgan fingerprint density at radius 1 is 1.17 bits per heavy atom. The molecule has 0 bridgehead atoms. The summed E-state index contributed by atoms with van der Waals surface area (Å²) in [5, 5.41) is 3.60. The number of carbonyl (C=O) groups excluding carboxylic acids is 1. The van der Waals surface area contributed by atoms with E-state index < -0.39 is 0 Å². The molecule has 0 atom stereocenters. The number of aromatic nitrogens is 2. The molecule has 7 heteroatoms. The number of anilines is 1. The van der Waals surface area contributed by atoms with Crippen molar-refractivity contribution in [3.05, 3.63) is 75.2 Å². The lowest BCUT2D eigenvalue weighted by Crippen LogP contribution is -2.12. The maximum Gasteiger partial charge on any atom is 0.255 e. The number of methoxy groups -OCH3 is 1. The largest absolute Gasteiger partial charge is 0.496 e. The predicted molar refractivity (Wildman–Crippen MR) is 120 cm³/mol. The van der Waals surface area contributed by atoms with E-state index in [9.17, 15) is 4.79 Å². The van der Waals surface area contributed by atoms with Crippen LogP contribution in [0.15, 0.2) is 59.1 Å². The average molecular weight is 471 g/mol. The number of imidazole rings is 1. The van der Waals surface area contributed by atoms with Gasteiger partial charge in [-0.25, -0.2) is 4.98 Å². The lowest BCUT2D eigenvalue weighted by Gasteiger charge is -2.08. The van der Waals surface area contributed by atoms with Crippen molar-refractivity contribution >= 4 is 50.2 Å². The van der Waals surface area contributed by atoms with E-state index in [4.69, 9.17) is 16.3 Å². The van der Waals surface area contributed by atoms with Crippen molar-refractivity contribution in [2.75, 3.05) is 12.4 Å². The Morgan fingerprint density at radius 2 is 2.00 bits per heavy atom. The van der Waals surface area contributed by atoms with E-state index in [0.29, 0.717) is 27.8 Å². The molecule has 29 heavy (non-hydrogen) atoms. The minimum atomic E-state index is -0.211. The predicted octanol–water partition coefficient (Wildman–Crippen LogP) is 6.22. The van der Waals surface area contributed by atoms with Crippen LogP contribution in [-0.2, 0) is 0 Å². The molecule has 1 aromatic heterocycles. The molecule has 146 valence electrons. The number of amides is 1. The van der Waals surface area contributed by atoms with Crippen LogP contribution in [0.2, 0.25) is 5.02 Å². The molecule has 3 aromatic carbocycles. The normalized spacial score (nSPS) is 10.9. The molecule has 4 aromatic rings. The number of fused-ring (bicyclic) bond motifs is 1. The number of hydrogen-bond donors (Lipinski definition) is 2. The van der Waals surface area contributed by atoms with Gasteiger partial charge in [-0.3, -0.25) is 4.79 Å². The molecule has 0 spiro atoms. The lowest BCUT2D eigenvalue weighted by molar-refractivity contribution is 0.102. The number of hydrogen-bond acceptors (Lipinski definition) is 3. The molecular formula is C22H17BrClN3O2. The van der Waals surface area contributed by atoms with Crippen LogP contribution in [0, 0.1) is 6.92 Å². The number of rotatable bonds is 4. The molecule has 0 aliphatic rings. The number of ether oxygens (including phenoxy) is 1. The van der Waals surface area contributed by atoms with Crippen molar-refractivity contribution in [3.8, 4) is 17.1 Å². The first-order valence-corrected chi connectivity index (χ1v) is 10.0. The topological polar surface area (TPSA) is 67.0 Å². The van der Waals surface area contributed by atoms with E-state index in [1.165, 1.54) is 0 Å². The summed E-state index contributed by atoms with van der Waals surface area (Å²) in [6.07, 6.45) is 0. The molecule has 0 saturated heterocycles. The zero-order valence-corrected chi connectivity index (χ0v) is 18.1. The van der Waals surface area contributed by atoms with Gasteiger partial charge in [0.2, 0.25) is 0 Å². The summed E-state index contributed by atoms with van der Waals surface area (Å²) in [5.41, 5.74) is 4.77. The van der Waals surface area contributed by atoms with Gasteiger partial charge in [0.15, 0.2) is 0 Å². The third kappa shape index (κ3) is 3.99. The molecule has 0 unspecified atom stereocenters. The quantitative estimate of drug-likeness (QED) is 0.372. The van der Waals surface area contributed by atoms with Gasteiger partial charge in [0.1, 0.15) is 11.6 Å². The van der Waals surface area contributed by atoms with Gasteiger partial charge < -0.3 is 15.0 Å². The zero-order valence-electron chi connectivity index (χ0n) is 15.7. The number of H-pyrrole nitrogens is 1. The lowest BCUT2D eigenvalue weighted by atomic mass is 10.1. The number of halogens is 2. The smallest absolute Gasteiger partial charge is 0.255 e. The third-order valence-corrected chi connectivity index (χ3v) is 5.60. The Hall–Kier alpha value is -2.83. The van der Waals surface area contributed by atoms with E-state index in [0.717, 1.165) is 26.6 Å². The van der Waals surface area contributed by atoms with Gasteiger partial charge in [-0.1, -0.05) is 23.7 Å². The van der Waals surface area contributed by atoms with Crippen LogP contribution < -0.4 is 10.1 Å². The summed E-state index contributed by atoms with van der Waals surface area (Å²) >= 11 is 9.60. The number of benzene rings is 3. The highest BCUT2D eigenvalue weighted by Crippen LogP contribution is 2.28. The molecule has 4 rings (SSSR count). The molecule has 5 nitrogen and oxygen atoms in total. The summed E-state index contributed by atoms with van der Waals surface area (Å²) in [4.78, 5) is 20.5. The van der Waals surface area contributed by atoms with Gasteiger partial charge in [-0.05, 0) is 70.9 Å². The number of nitrogens with one attached hydrogen (secondary N) is 2. The average Bonchev–Trinajstić information content (AvgIpc) is 3.11. The van der Waals surface area contributed by atoms with Crippen molar-refractivity contribution in [1.29, 1.82) is 0 Å². The van der Waals surface area contributed by atoms with Crippen LogP contribution in [-0.4, -0.2) is 23.0 Å². The van der Waals surface area contributed by atoms with Crippen molar-refractivity contribution in [2.24, 2.45) is 0 Å². The Kier molecular flexibility index (Phi) is 5.30. The standard InChI is InChI=1S/C22H17BrClN3O2/c1-12-8-18-19(11-17(12)24)27-21(26-18)13-4-3-5-15(9-13)25-22(28)14-6-7-20(29-2)16(23)10-14/h3-11H,1-2H3,(H,25,28)(H,26,27). The Morgan fingerprint density at radius 3 is 2.76 bits per heavy atom. The number of carbonyl (C=O) groups is 1. The summed E-state index contributed by atoms with van der Waals surface area (Å²) in [6.45, 7) is 1.95. The summed E-state index contributed by atoms with van der Waals surface area (Å²) < 4.78 is 5.93. The first kappa shape index (κ1) is 19.5. The molecule has 0 aliphatic heterocycles. The van der Waals surface area contributed by atoms with Gasteiger partial charge in [-0.2, -0.15) is 0 Å². The second-order valence-electron chi connectivity index (χ2n) is 6.59.